The Morgan fingerprint density at radius 1 is 0.878 bits per heavy atom. The topological polar surface area (TPSA) is 127 Å². The molecule has 0 saturated carbocycles. The van der Waals surface area contributed by atoms with Gasteiger partial charge in [0, 0.05) is 51.5 Å². The van der Waals surface area contributed by atoms with Crippen LogP contribution in [0.3, 0.4) is 0 Å². The number of alkyl carbamates (subject to hydrolysis) is 1. The molecule has 3 N–H and O–H groups in total. The zero-order valence-electron chi connectivity index (χ0n) is 21.6. The fraction of sp³-hybridized carbons (Fsp3) is 0.161. The normalized spacial score (nSPS) is 18.2. The summed E-state index contributed by atoms with van der Waals surface area (Å²) in [5.74, 6) is -0.863. The minimum Gasteiger partial charge on any atom is -0.441 e. The van der Waals surface area contributed by atoms with Crippen molar-refractivity contribution in [3.8, 4) is 0 Å². The zero-order valence-corrected chi connectivity index (χ0v) is 21.6. The predicted molar refractivity (Wildman–Crippen MR) is 152 cm³/mol. The number of rotatable bonds is 3. The average Bonchev–Trinajstić information content (AvgIpc) is 3.58. The number of fused-ring (bicyclic) bond motifs is 9. The molecule has 10 heteroatoms. The van der Waals surface area contributed by atoms with Gasteiger partial charge in [0.25, 0.3) is 11.8 Å². The highest BCUT2D eigenvalue weighted by atomic mass is 16.6. The van der Waals surface area contributed by atoms with Crippen LogP contribution in [0.1, 0.15) is 26.3 Å². The van der Waals surface area contributed by atoms with E-state index in [1.807, 2.05) is 57.7 Å². The van der Waals surface area contributed by atoms with Crippen LogP contribution in [0, 0.1) is 0 Å². The Kier molecular flexibility index (Phi) is 4.98. The summed E-state index contributed by atoms with van der Waals surface area (Å²) in [6.07, 6.45) is 0.676. The molecule has 202 valence electrons. The molecule has 41 heavy (non-hydrogen) atoms. The van der Waals surface area contributed by atoms with Crippen molar-refractivity contribution in [3.63, 3.8) is 0 Å². The van der Waals surface area contributed by atoms with Gasteiger partial charge in [0.15, 0.2) is 0 Å². The molecule has 0 aliphatic carbocycles. The molecular formula is C31H23N5O5. The van der Waals surface area contributed by atoms with Gasteiger partial charge in [0.05, 0.1) is 35.2 Å². The van der Waals surface area contributed by atoms with E-state index in [0.29, 0.717) is 21.9 Å². The lowest BCUT2D eigenvalue weighted by atomic mass is 9.96. The first-order chi connectivity index (χ1) is 20.0. The van der Waals surface area contributed by atoms with Gasteiger partial charge in [-0.25, -0.2) is 4.79 Å². The summed E-state index contributed by atoms with van der Waals surface area (Å²) >= 11 is 0. The summed E-state index contributed by atoms with van der Waals surface area (Å²) < 4.78 is 9.84. The molecule has 2 aliphatic rings. The van der Waals surface area contributed by atoms with Crippen LogP contribution < -0.4 is 10.6 Å². The Hall–Kier alpha value is -5.22. The van der Waals surface area contributed by atoms with Crippen LogP contribution in [0.4, 0.5) is 4.79 Å². The van der Waals surface area contributed by atoms with E-state index in [1.165, 1.54) is 0 Å². The standard InChI is InChI=1S/C31H23N5O5/c37-21-14-35-19-7-3-1-5-17(19)23-25-26(30(39)34-29(25)38)24-18-6-2-4-8-20(18)36(28(24)27(23)35)15-22(21)41-31(40)33-13-16-9-11-32-12-10-16/h1-12,21-22,37H,13-15H2,(H,33,40)(H,34,38,39). The van der Waals surface area contributed by atoms with Crippen molar-refractivity contribution in [2.24, 2.45) is 0 Å². The van der Waals surface area contributed by atoms with Gasteiger partial charge in [-0.1, -0.05) is 36.4 Å². The summed E-state index contributed by atoms with van der Waals surface area (Å²) in [4.78, 5) is 43.4. The van der Waals surface area contributed by atoms with Crippen molar-refractivity contribution in [1.82, 2.24) is 24.8 Å². The van der Waals surface area contributed by atoms with Crippen molar-refractivity contribution in [1.29, 1.82) is 0 Å². The number of carbonyl (C=O) groups excluding carboxylic acids is 3. The Morgan fingerprint density at radius 3 is 2.05 bits per heavy atom. The van der Waals surface area contributed by atoms with Gasteiger partial charge in [-0.2, -0.15) is 0 Å². The SMILES string of the molecule is O=C(NCc1ccncc1)OC1Cn2c3ccccc3c3c4c(c5c6ccccc6n(c5c32)CC1O)C(=O)NC4=O. The molecule has 2 aliphatic heterocycles. The lowest BCUT2D eigenvalue weighted by molar-refractivity contribution is -0.0124. The van der Waals surface area contributed by atoms with Crippen LogP contribution >= 0.6 is 0 Å². The molecule has 2 atom stereocenters. The fourth-order valence-electron chi connectivity index (χ4n) is 6.49. The fourth-order valence-corrected chi connectivity index (χ4v) is 6.49. The van der Waals surface area contributed by atoms with Crippen LogP contribution in [-0.2, 0) is 24.4 Å². The number of aliphatic hydroxyl groups excluding tert-OH is 1. The molecule has 0 saturated heterocycles. The third-order valence-corrected chi connectivity index (χ3v) is 8.20. The number of para-hydroxylation sites is 2. The van der Waals surface area contributed by atoms with Gasteiger partial charge in [-0.3, -0.25) is 19.9 Å². The second kappa shape index (κ2) is 8.64. The van der Waals surface area contributed by atoms with E-state index in [4.69, 9.17) is 4.74 Å². The van der Waals surface area contributed by atoms with Crippen LogP contribution in [-0.4, -0.2) is 49.3 Å². The van der Waals surface area contributed by atoms with Crippen LogP contribution in [0.5, 0.6) is 0 Å². The maximum atomic E-state index is 13.3. The van der Waals surface area contributed by atoms with E-state index in [1.54, 1.807) is 24.5 Å². The number of benzene rings is 3. The smallest absolute Gasteiger partial charge is 0.407 e. The van der Waals surface area contributed by atoms with Gasteiger partial charge >= 0.3 is 6.09 Å². The van der Waals surface area contributed by atoms with Gasteiger partial charge < -0.3 is 24.3 Å². The van der Waals surface area contributed by atoms with E-state index in [2.05, 4.69) is 15.6 Å². The Labute approximate surface area is 232 Å². The highest BCUT2D eigenvalue weighted by Crippen LogP contribution is 2.45. The lowest BCUT2D eigenvalue weighted by Gasteiger charge is -2.28. The second-order valence-electron chi connectivity index (χ2n) is 10.5. The van der Waals surface area contributed by atoms with Crippen molar-refractivity contribution < 1.29 is 24.2 Å². The lowest BCUT2D eigenvalue weighted by Crippen LogP contribution is -2.41. The monoisotopic (exact) mass is 545 g/mol. The van der Waals surface area contributed by atoms with E-state index in [-0.39, 0.29) is 19.6 Å². The van der Waals surface area contributed by atoms with Crippen molar-refractivity contribution in [3.05, 3.63) is 89.7 Å². The highest BCUT2D eigenvalue weighted by Gasteiger charge is 2.39. The number of nitrogens with one attached hydrogen (secondary N) is 2. The van der Waals surface area contributed by atoms with Gasteiger partial charge in [0.2, 0.25) is 0 Å². The Bertz CT molecular complexity index is 2090. The zero-order chi connectivity index (χ0) is 27.8. The molecule has 3 aromatic heterocycles. The summed E-state index contributed by atoms with van der Waals surface area (Å²) in [5, 5.41) is 19.8. The molecule has 0 bridgehead atoms. The third-order valence-electron chi connectivity index (χ3n) is 8.20. The minimum atomic E-state index is -1.06. The third kappa shape index (κ3) is 3.34. The van der Waals surface area contributed by atoms with Crippen molar-refractivity contribution >= 4 is 61.5 Å². The number of pyridine rings is 1. The molecule has 3 aromatic carbocycles. The first kappa shape index (κ1) is 23.6. The second-order valence-corrected chi connectivity index (χ2v) is 10.5. The number of nitrogens with zero attached hydrogens (tertiary/aromatic N) is 3. The van der Waals surface area contributed by atoms with E-state index in [9.17, 15) is 19.5 Å². The van der Waals surface area contributed by atoms with E-state index in [0.717, 1.165) is 38.4 Å². The molecule has 0 spiro atoms. The van der Waals surface area contributed by atoms with Crippen LogP contribution in [0.2, 0.25) is 0 Å². The summed E-state index contributed by atoms with van der Waals surface area (Å²) in [6, 6.07) is 18.9. The van der Waals surface area contributed by atoms with Crippen LogP contribution in [0.25, 0.3) is 43.6 Å². The van der Waals surface area contributed by atoms with Crippen molar-refractivity contribution in [2.75, 3.05) is 0 Å². The largest absolute Gasteiger partial charge is 0.441 e. The van der Waals surface area contributed by atoms with E-state index >= 15 is 0 Å². The highest BCUT2D eigenvalue weighted by molar-refractivity contribution is 6.39. The molecule has 8 rings (SSSR count). The minimum absolute atomic E-state index is 0.122. The molecule has 2 unspecified atom stereocenters. The first-order valence-corrected chi connectivity index (χ1v) is 13.4. The Balaban J connectivity index is 1.36. The molecule has 10 nitrogen and oxygen atoms in total. The Morgan fingerprint density at radius 2 is 1.44 bits per heavy atom. The summed E-state index contributed by atoms with van der Waals surface area (Å²) in [5.41, 5.74) is 4.71. The number of hydrogen-bond acceptors (Lipinski definition) is 6. The van der Waals surface area contributed by atoms with Gasteiger partial charge in [-0.05, 0) is 29.8 Å². The number of hydrogen-bond donors (Lipinski definition) is 3. The number of carbonyl (C=O) groups is 3. The molecular weight excluding hydrogens is 522 g/mol. The number of aromatic nitrogens is 3. The quantitative estimate of drug-likeness (QED) is 0.290. The number of amides is 3. The van der Waals surface area contributed by atoms with E-state index < -0.39 is 30.1 Å². The number of ether oxygens (including phenoxy) is 1. The number of aliphatic hydroxyl groups is 1. The first-order valence-electron chi connectivity index (χ1n) is 13.4. The average molecular weight is 546 g/mol. The molecule has 0 fully saturated rings. The maximum absolute atomic E-state index is 13.3. The molecule has 6 aromatic rings. The molecule has 5 heterocycles. The molecule has 0 radical (unpaired) electrons. The van der Waals surface area contributed by atoms with Crippen LogP contribution in [0.15, 0.2) is 73.1 Å². The predicted octanol–water partition coefficient (Wildman–Crippen LogP) is 3.85. The van der Waals surface area contributed by atoms with Gasteiger partial charge in [0.1, 0.15) is 12.2 Å². The van der Waals surface area contributed by atoms with Crippen molar-refractivity contribution in [2.45, 2.75) is 31.8 Å². The number of imide groups is 1. The summed E-state index contributed by atoms with van der Waals surface area (Å²) in [7, 11) is 0. The molecule has 3 amide bonds. The van der Waals surface area contributed by atoms with Gasteiger partial charge in [-0.15, -0.1) is 0 Å². The maximum Gasteiger partial charge on any atom is 0.407 e. The summed E-state index contributed by atoms with van der Waals surface area (Å²) in [6.45, 7) is 0.526.